The van der Waals surface area contributed by atoms with Crippen LogP contribution in [0.1, 0.15) is 68.2 Å². The lowest BCUT2D eigenvalue weighted by Gasteiger charge is -2.40. The zero-order chi connectivity index (χ0) is 21.4. The first-order chi connectivity index (χ1) is 12.3. The quantitative estimate of drug-likeness (QED) is 0.118. The Balaban J connectivity index is 5.51. The van der Waals surface area contributed by atoms with Gasteiger partial charge in [0.15, 0.2) is 9.87 Å². The smallest absolute Gasteiger partial charge is 0.218 e. The summed E-state index contributed by atoms with van der Waals surface area (Å²) in [7, 11) is 5.10. The first-order valence-corrected chi connectivity index (χ1v) is 14.3. The van der Waals surface area contributed by atoms with Crippen molar-refractivity contribution in [1.29, 1.82) is 0 Å². The van der Waals surface area contributed by atoms with Crippen molar-refractivity contribution in [2.75, 3.05) is 0 Å². The van der Waals surface area contributed by atoms with E-state index in [1.54, 1.807) is 31.4 Å². The minimum absolute atomic E-state index is 0.272. The van der Waals surface area contributed by atoms with Gasteiger partial charge in [0.2, 0.25) is 8.77 Å². The van der Waals surface area contributed by atoms with Gasteiger partial charge in [-0.3, -0.25) is 0 Å². The summed E-state index contributed by atoms with van der Waals surface area (Å²) in [5, 5.41) is 0. The van der Waals surface area contributed by atoms with Gasteiger partial charge in [0.25, 0.3) is 0 Å². The minimum atomic E-state index is -0.438. The minimum Gasteiger partial charge on any atom is -0.460 e. The Morgan fingerprint density at radius 2 is 1.04 bits per heavy atom. The van der Waals surface area contributed by atoms with Gasteiger partial charge in [-0.2, -0.15) is 0 Å². The Labute approximate surface area is 199 Å². The highest BCUT2D eigenvalue weighted by Gasteiger charge is 2.43. The van der Waals surface area contributed by atoms with Crippen LogP contribution < -0.4 is 0 Å². The number of thiocarbonyl (C=S) groups is 2. The van der Waals surface area contributed by atoms with Crippen molar-refractivity contribution in [2.45, 2.75) is 78.1 Å². The van der Waals surface area contributed by atoms with Crippen molar-refractivity contribution < 1.29 is 9.47 Å². The zero-order valence-electron chi connectivity index (χ0n) is 17.5. The third-order valence-electron chi connectivity index (χ3n) is 4.02. The summed E-state index contributed by atoms with van der Waals surface area (Å²) in [6, 6.07) is 0. The van der Waals surface area contributed by atoms with E-state index >= 15 is 0 Å². The predicted molar refractivity (Wildman–Crippen MR) is 142 cm³/mol. The van der Waals surface area contributed by atoms with Crippen LogP contribution in [0.5, 0.6) is 0 Å². The number of ether oxygens (including phenoxy) is 2. The first-order valence-electron chi connectivity index (χ1n) is 9.13. The molecule has 0 fully saturated rings. The normalized spacial score (nSPS) is 16.5. The number of rotatable bonds is 12. The van der Waals surface area contributed by atoms with Crippen LogP contribution in [0.3, 0.4) is 0 Å². The summed E-state index contributed by atoms with van der Waals surface area (Å²) in [5.41, 5.74) is 0. The second kappa shape index (κ2) is 13.1. The Morgan fingerprint density at radius 1 is 0.741 bits per heavy atom. The van der Waals surface area contributed by atoms with Crippen LogP contribution in [0.4, 0.5) is 0 Å². The zero-order valence-corrected chi connectivity index (χ0v) is 23.3. The molecule has 0 saturated heterocycles. The molecule has 2 nitrogen and oxygen atoms in total. The van der Waals surface area contributed by atoms with Crippen molar-refractivity contribution in [3.05, 3.63) is 0 Å². The van der Waals surface area contributed by atoms with Crippen molar-refractivity contribution in [1.82, 2.24) is 0 Å². The van der Waals surface area contributed by atoms with Crippen LogP contribution in [0.25, 0.3) is 0 Å². The first kappa shape index (κ1) is 28.5. The van der Waals surface area contributed by atoms with Crippen LogP contribution in [0, 0.1) is 23.7 Å². The highest BCUT2D eigenvalue weighted by Crippen LogP contribution is 2.57. The Kier molecular flexibility index (Phi) is 13.8. The summed E-state index contributed by atoms with van der Waals surface area (Å²) >= 11 is 18.8. The average molecular weight is 507 g/mol. The molecule has 0 aromatic heterocycles. The average Bonchev–Trinajstić information content (AvgIpc) is 2.43. The molecule has 0 rings (SSSR count). The highest BCUT2D eigenvalue weighted by atomic mass is 33.5. The second-order valence-electron chi connectivity index (χ2n) is 8.10. The van der Waals surface area contributed by atoms with Crippen molar-refractivity contribution in [3.8, 4) is 0 Å². The lowest BCUT2D eigenvalue weighted by atomic mass is 9.96. The predicted octanol–water partition coefficient (Wildman–Crippen LogP) is 8.28. The molecular weight excluding hydrogens is 473 g/mol. The molecule has 0 bridgehead atoms. The molecule has 2 unspecified atom stereocenters. The third kappa shape index (κ3) is 10.4. The molecule has 9 heteroatoms. The Hall–Kier alpha value is 1.53. The molecule has 0 aromatic carbocycles. The maximum Gasteiger partial charge on any atom is 0.218 e. The van der Waals surface area contributed by atoms with E-state index in [-0.39, 0.29) is 20.6 Å². The molecule has 0 spiro atoms. The molecule has 0 aliphatic carbocycles. The topological polar surface area (TPSA) is 18.5 Å². The fourth-order valence-electron chi connectivity index (χ4n) is 2.65. The highest BCUT2D eigenvalue weighted by molar-refractivity contribution is 9.09. The maximum atomic E-state index is 6.09. The monoisotopic (exact) mass is 506 g/mol. The Morgan fingerprint density at radius 3 is 1.22 bits per heavy atom. The fraction of sp³-hybridized carbons (Fsp3) is 0.889. The molecule has 0 radical (unpaired) electrons. The molecule has 160 valence electrons. The van der Waals surface area contributed by atoms with Crippen LogP contribution >= 0.6 is 81.1 Å². The van der Waals surface area contributed by atoms with Gasteiger partial charge >= 0.3 is 0 Å². The van der Waals surface area contributed by atoms with Crippen molar-refractivity contribution in [3.63, 3.8) is 0 Å². The van der Waals surface area contributed by atoms with Gasteiger partial charge in [0.05, 0.1) is 0 Å². The Bertz CT molecular complexity index is 440. The van der Waals surface area contributed by atoms with E-state index in [2.05, 4.69) is 80.6 Å². The standard InChI is InChI=1S/C18H34O2S7/c1-11(2)9-17(13(5)6,19-15(21)22)25-27-26-18(14(7)8,10-12(3)4)20-16(23)24/h11-14H,9-10H2,1-8H3,(H,21,22)(H,23,24). The molecular formula is C18H34O2S7. The lowest BCUT2D eigenvalue weighted by Crippen LogP contribution is -2.38. The molecule has 0 saturated carbocycles. The van der Waals surface area contributed by atoms with Crippen molar-refractivity contribution in [2.24, 2.45) is 23.7 Å². The van der Waals surface area contributed by atoms with Gasteiger partial charge in [-0.25, -0.2) is 0 Å². The number of hydrogen-bond acceptors (Lipinski definition) is 7. The summed E-state index contributed by atoms with van der Waals surface area (Å²) in [6.07, 6.45) is 1.77. The van der Waals surface area contributed by atoms with Crippen LogP contribution in [-0.4, -0.2) is 18.6 Å². The van der Waals surface area contributed by atoms with Gasteiger partial charge in [-0.05, 0) is 67.7 Å². The molecule has 2 atom stereocenters. The van der Waals surface area contributed by atoms with E-state index in [1.807, 2.05) is 0 Å². The molecule has 0 aliphatic rings. The van der Waals surface area contributed by atoms with E-state index in [1.165, 1.54) is 0 Å². The van der Waals surface area contributed by atoms with Crippen LogP contribution in [-0.2, 0) is 9.47 Å². The van der Waals surface area contributed by atoms with E-state index in [0.29, 0.717) is 11.8 Å². The lowest BCUT2D eigenvalue weighted by molar-refractivity contribution is 0.0899. The van der Waals surface area contributed by atoms with Crippen LogP contribution in [0.2, 0.25) is 0 Å². The maximum absolute atomic E-state index is 6.09. The third-order valence-corrected chi connectivity index (χ3v) is 9.83. The van der Waals surface area contributed by atoms with Gasteiger partial charge in [-0.1, -0.05) is 80.6 Å². The van der Waals surface area contributed by atoms with Gasteiger partial charge in [0, 0.05) is 24.7 Å². The molecule has 0 N–H and O–H groups in total. The fourth-order valence-corrected chi connectivity index (χ4v) is 10.1. The summed E-state index contributed by atoms with van der Waals surface area (Å²) in [4.78, 5) is -0.876. The summed E-state index contributed by atoms with van der Waals surface area (Å²) < 4.78 is 12.8. The van der Waals surface area contributed by atoms with Gasteiger partial charge < -0.3 is 9.47 Å². The number of hydrogen-bond donors (Lipinski definition) is 2. The van der Waals surface area contributed by atoms with E-state index in [0.717, 1.165) is 12.8 Å². The second-order valence-corrected chi connectivity index (χ2v) is 14.7. The molecule has 0 aliphatic heterocycles. The summed E-state index contributed by atoms with van der Waals surface area (Å²) in [5.74, 6) is 1.49. The van der Waals surface area contributed by atoms with Crippen molar-refractivity contribution >= 4 is 89.9 Å². The largest absolute Gasteiger partial charge is 0.460 e. The summed E-state index contributed by atoms with van der Waals surface area (Å²) in [6.45, 7) is 17.4. The van der Waals surface area contributed by atoms with Gasteiger partial charge in [0.1, 0.15) is 0 Å². The van der Waals surface area contributed by atoms with E-state index < -0.39 is 9.87 Å². The molecule has 0 heterocycles. The molecule has 27 heavy (non-hydrogen) atoms. The van der Waals surface area contributed by atoms with E-state index in [9.17, 15) is 0 Å². The van der Waals surface area contributed by atoms with Crippen LogP contribution in [0.15, 0.2) is 0 Å². The molecule has 0 amide bonds. The van der Waals surface area contributed by atoms with Gasteiger partial charge in [-0.15, -0.1) is 0 Å². The van der Waals surface area contributed by atoms with E-state index in [4.69, 9.17) is 33.9 Å². The SMILES string of the molecule is CC(C)CC(OC(=S)S)(SSSC(CC(C)C)(OC(=S)S)C(C)C)C(C)C. The number of thiol groups is 2. The molecule has 0 aromatic rings.